The molecule has 78 valence electrons. The number of hydrogen-bond donors (Lipinski definition) is 0. The molecule has 0 atom stereocenters. The average Bonchev–Trinajstić information content (AvgIpc) is 2.70. The maximum absolute atomic E-state index is 4.05. The average molecular weight is 443 g/mol. The number of benzene rings is 1. The van der Waals surface area contributed by atoms with Crippen molar-refractivity contribution >= 4 is 54.5 Å². The maximum Gasteiger partial charge on any atom is 0.0937 e. The predicted molar refractivity (Wildman–Crippen MR) is 74.4 cm³/mol. The number of nitrogens with zero attached hydrogens (tertiary/aromatic N) is 3. The second kappa shape index (κ2) is 4.92. The van der Waals surface area contributed by atoms with Gasteiger partial charge in [0.15, 0.2) is 0 Å². The van der Waals surface area contributed by atoms with Gasteiger partial charge in [0.05, 0.1) is 17.6 Å². The molecule has 0 saturated carbocycles. The monoisotopic (exact) mass is 441 g/mol. The minimum absolute atomic E-state index is 0.723. The molecule has 0 N–H and O–H groups in total. The summed E-state index contributed by atoms with van der Waals surface area (Å²) in [5.74, 6) is 0. The van der Waals surface area contributed by atoms with Crippen molar-refractivity contribution in [3.63, 3.8) is 0 Å². The van der Waals surface area contributed by atoms with Gasteiger partial charge in [0.25, 0.3) is 0 Å². The Kier molecular flexibility index (Phi) is 3.78. The SMILES string of the molecule is BrCc1cn(-c2ccc(Br)c(I)c2)nn1. The summed E-state index contributed by atoms with van der Waals surface area (Å²) in [7, 11) is 0. The Morgan fingerprint density at radius 1 is 1.40 bits per heavy atom. The van der Waals surface area contributed by atoms with Gasteiger partial charge >= 0.3 is 0 Å². The number of aromatic nitrogens is 3. The van der Waals surface area contributed by atoms with Crippen molar-refractivity contribution in [2.45, 2.75) is 5.33 Å². The third-order valence-corrected chi connectivity index (χ3v) is 4.75. The van der Waals surface area contributed by atoms with Crippen LogP contribution in [0.4, 0.5) is 0 Å². The topological polar surface area (TPSA) is 30.7 Å². The second-order valence-corrected chi connectivity index (χ2v) is 5.46. The van der Waals surface area contributed by atoms with Gasteiger partial charge in [-0.2, -0.15) is 0 Å². The zero-order chi connectivity index (χ0) is 10.8. The second-order valence-electron chi connectivity index (χ2n) is 2.89. The lowest BCUT2D eigenvalue weighted by molar-refractivity contribution is 0.800. The first kappa shape index (κ1) is 11.5. The van der Waals surface area contributed by atoms with Crippen LogP contribution in [0.25, 0.3) is 5.69 Å². The Labute approximate surface area is 118 Å². The molecule has 0 saturated heterocycles. The van der Waals surface area contributed by atoms with Gasteiger partial charge in [-0.1, -0.05) is 21.1 Å². The lowest BCUT2D eigenvalue weighted by Crippen LogP contribution is -1.95. The summed E-state index contributed by atoms with van der Waals surface area (Å²) in [5.41, 5.74) is 1.94. The molecule has 0 fully saturated rings. The summed E-state index contributed by atoms with van der Waals surface area (Å²) in [6.07, 6.45) is 1.91. The van der Waals surface area contributed by atoms with Gasteiger partial charge in [-0.25, -0.2) is 4.68 Å². The molecule has 0 amide bonds. The fourth-order valence-corrected chi connectivity index (χ4v) is 2.12. The van der Waals surface area contributed by atoms with Gasteiger partial charge in [0, 0.05) is 13.4 Å². The third-order valence-electron chi connectivity index (χ3n) is 1.85. The highest BCUT2D eigenvalue weighted by Gasteiger charge is 2.03. The molecule has 1 aromatic carbocycles. The molecular formula is C9H6Br2IN3. The lowest BCUT2D eigenvalue weighted by atomic mass is 10.3. The molecule has 3 nitrogen and oxygen atoms in total. The van der Waals surface area contributed by atoms with Crippen LogP contribution in [-0.2, 0) is 5.33 Å². The van der Waals surface area contributed by atoms with Crippen LogP contribution in [-0.4, -0.2) is 15.0 Å². The fourth-order valence-electron chi connectivity index (χ4n) is 1.11. The van der Waals surface area contributed by atoms with Gasteiger partial charge in [0.1, 0.15) is 0 Å². The highest BCUT2D eigenvalue weighted by atomic mass is 127. The summed E-state index contributed by atoms with van der Waals surface area (Å²) in [5, 5.41) is 8.78. The standard InChI is InChI=1S/C9H6Br2IN3/c10-4-6-5-15(14-13-6)7-1-2-8(11)9(12)3-7/h1-3,5H,4H2. The third kappa shape index (κ3) is 2.59. The fraction of sp³-hybridized carbons (Fsp3) is 0.111. The van der Waals surface area contributed by atoms with Crippen LogP contribution in [0.15, 0.2) is 28.9 Å². The molecule has 15 heavy (non-hydrogen) atoms. The van der Waals surface area contributed by atoms with E-state index in [0.717, 1.165) is 24.8 Å². The predicted octanol–water partition coefficient (Wildman–Crippen LogP) is 3.53. The van der Waals surface area contributed by atoms with E-state index in [1.54, 1.807) is 4.68 Å². The Morgan fingerprint density at radius 3 is 2.80 bits per heavy atom. The molecule has 0 radical (unpaired) electrons. The van der Waals surface area contributed by atoms with Crippen molar-refractivity contribution < 1.29 is 0 Å². The Bertz CT molecular complexity index is 484. The van der Waals surface area contributed by atoms with Gasteiger partial charge in [0.2, 0.25) is 0 Å². The van der Waals surface area contributed by atoms with Crippen molar-refractivity contribution in [2.24, 2.45) is 0 Å². The molecule has 0 aliphatic heterocycles. The van der Waals surface area contributed by atoms with Crippen LogP contribution < -0.4 is 0 Å². The molecule has 0 aliphatic rings. The molecule has 1 aromatic heterocycles. The van der Waals surface area contributed by atoms with E-state index in [4.69, 9.17) is 0 Å². The van der Waals surface area contributed by atoms with Crippen molar-refractivity contribution in [2.75, 3.05) is 0 Å². The molecule has 0 bridgehead atoms. The first-order valence-electron chi connectivity index (χ1n) is 4.13. The van der Waals surface area contributed by atoms with Crippen LogP contribution in [0.5, 0.6) is 0 Å². The van der Waals surface area contributed by atoms with Crippen LogP contribution in [0.3, 0.4) is 0 Å². The van der Waals surface area contributed by atoms with Crippen LogP contribution in [0, 0.1) is 3.57 Å². The van der Waals surface area contributed by atoms with Gasteiger partial charge in [-0.3, -0.25) is 0 Å². The zero-order valence-corrected chi connectivity index (χ0v) is 12.8. The molecular weight excluding hydrogens is 437 g/mol. The summed E-state index contributed by atoms with van der Waals surface area (Å²) in [4.78, 5) is 0. The van der Waals surface area contributed by atoms with Gasteiger partial charge in [-0.05, 0) is 56.7 Å². The molecule has 0 unspecified atom stereocenters. The van der Waals surface area contributed by atoms with E-state index in [9.17, 15) is 0 Å². The Hall–Kier alpha value is 0.0500. The van der Waals surface area contributed by atoms with E-state index in [0.29, 0.717) is 0 Å². The number of alkyl halides is 1. The van der Waals surface area contributed by atoms with E-state index in [-0.39, 0.29) is 0 Å². The summed E-state index contributed by atoms with van der Waals surface area (Å²) >= 11 is 9.08. The molecule has 0 spiro atoms. The van der Waals surface area contributed by atoms with Gasteiger partial charge in [-0.15, -0.1) is 5.10 Å². The highest BCUT2D eigenvalue weighted by molar-refractivity contribution is 14.1. The maximum atomic E-state index is 4.05. The largest absolute Gasteiger partial charge is 0.220 e. The minimum Gasteiger partial charge on any atom is -0.220 e. The van der Waals surface area contributed by atoms with Crippen molar-refractivity contribution in [1.82, 2.24) is 15.0 Å². The summed E-state index contributed by atoms with van der Waals surface area (Å²) in [6.45, 7) is 0. The smallest absolute Gasteiger partial charge is 0.0937 e. The summed E-state index contributed by atoms with van der Waals surface area (Å²) in [6, 6.07) is 6.06. The quantitative estimate of drug-likeness (QED) is 0.526. The van der Waals surface area contributed by atoms with E-state index in [2.05, 4.69) is 70.8 Å². The number of halogens is 3. The molecule has 0 aliphatic carbocycles. The van der Waals surface area contributed by atoms with Crippen LogP contribution in [0.2, 0.25) is 0 Å². The van der Waals surface area contributed by atoms with Gasteiger partial charge < -0.3 is 0 Å². The Morgan fingerprint density at radius 2 is 2.20 bits per heavy atom. The molecule has 6 heteroatoms. The van der Waals surface area contributed by atoms with E-state index < -0.39 is 0 Å². The van der Waals surface area contributed by atoms with Crippen molar-refractivity contribution in [3.8, 4) is 5.69 Å². The first-order valence-corrected chi connectivity index (χ1v) is 7.12. The van der Waals surface area contributed by atoms with Crippen LogP contribution in [0.1, 0.15) is 5.69 Å². The van der Waals surface area contributed by atoms with Crippen molar-refractivity contribution in [3.05, 3.63) is 38.1 Å². The minimum atomic E-state index is 0.723. The van der Waals surface area contributed by atoms with E-state index in [1.807, 2.05) is 18.3 Å². The zero-order valence-electron chi connectivity index (χ0n) is 7.49. The lowest BCUT2D eigenvalue weighted by Gasteiger charge is -2.01. The summed E-state index contributed by atoms with van der Waals surface area (Å²) < 4.78 is 4.01. The van der Waals surface area contributed by atoms with Crippen molar-refractivity contribution in [1.29, 1.82) is 0 Å². The van der Waals surface area contributed by atoms with Crippen LogP contribution >= 0.6 is 54.5 Å². The number of hydrogen-bond acceptors (Lipinski definition) is 2. The number of rotatable bonds is 2. The van der Waals surface area contributed by atoms with E-state index in [1.165, 1.54) is 0 Å². The molecule has 2 rings (SSSR count). The Balaban J connectivity index is 2.40. The molecule has 2 aromatic rings. The molecule has 1 heterocycles. The first-order chi connectivity index (χ1) is 7.20. The normalized spacial score (nSPS) is 10.6. The highest BCUT2D eigenvalue weighted by Crippen LogP contribution is 2.21. The van der Waals surface area contributed by atoms with E-state index >= 15 is 0 Å².